The molecule has 0 aromatic carbocycles. The normalized spacial score (nSPS) is 10.3. The van der Waals surface area contributed by atoms with Crippen LogP contribution in [-0.4, -0.2) is 20.3 Å². The molecule has 0 radical (unpaired) electrons. The highest BCUT2D eigenvalue weighted by Gasteiger charge is 2.22. The number of nitro groups is 1. The minimum absolute atomic E-state index is 0.0570. The molecule has 1 aromatic rings. The molecule has 15 heavy (non-hydrogen) atoms. The third-order valence-corrected chi connectivity index (χ3v) is 3.01. The molecule has 0 bridgehead atoms. The van der Waals surface area contributed by atoms with Crippen molar-refractivity contribution in [3.05, 3.63) is 19.6 Å². The van der Waals surface area contributed by atoms with E-state index in [0.29, 0.717) is 22.5 Å². The maximum atomic E-state index is 10.8. The largest absolute Gasteiger partial charge is 0.395 e. The molecule has 0 saturated carbocycles. The smallest absolute Gasteiger partial charge is 0.358 e. The van der Waals surface area contributed by atoms with E-state index in [0.717, 1.165) is 0 Å². The van der Waals surface area contributed by atoms with Crippen molar-refractivity contribution in [2.24, 2.45) is 0 Å². The van der Waals surface area contributed by atoms with E-state index in [1.165, 1.54) is 6.92 Å². The number of aryl methyl sites for hydroxylation is 1. The second-order valence-corrected chi connectivity index (χ2v) is 4.16. The summed E-state index contributed by atoms with van der Waals surface area (Å²) in [5.74, 6) is 0.477. The van der Waals surface area contributed by atoms with Gasteiger partial charge in [-0.3, -0.25) is 9.36 Å². The monoisotopic (exact) mass is 323 g/mol. The van der Waals surface area contributed by atoms with Crippen LogP contribution in [0.4, 0.5) is 5.82 Å². The third kappa shape index (κ3) is 2.74. The van der Waals surface area contributed by atoms with E-state index in [4.69, 9.17) is 0 Å². The molecule has 0 aliphatic heterocycles. The first-order valence-corrected chi connectivity index (χ1v) is 5.37. The van der Waals surface area contributed by atoms with Crippen LogP contribution in [0.1, 0.15) is 19.2 Å². The molecule has 0 unspecified atom stereocenters. The zero-order chi connectivity index (χ0) is 11.6. The lowest BCUT2D eigenvalue weighted by Crippen LogP contribution is -2.06. The van der Waals surface area contributed by atoms with Crippen LogP contribution in [0.5, 0.6) is 0 Å². The summed E-state index contributed by atoms with van der Waals surface area (Å²) in [5, 5.41) is 10.6. The quantitative estimate of drug-likeness (QED) is 0.480. The maximum Gasteiger partial charge on any atom is 0.395 e. The zero-order valence-corrected chi connectivity index (χ0v) is 10.5. The minimum atomic E-state index is -0.515. The molecule has 1 heterocycles. The Kier molecular flexibility index (Phi) is 3.77. The van der Waals surface area contributed by atoms with E-state index >= 15 is 0 Å². The summed E-state index contributed by atoms with van der Waals surface area (Å²) in [6, 6.07) is 0. The molecule has 0 N–H and O–H groups in total. The number of aromatic nitrogens is 2. The summed E-state index contributed by atoms with van der Waals surface area (Å²) in [5.41, 5.74) is 0. The Bertz CT molecular complexity index is 414. The van der Waals surface area contributed by atoms with Crippen LogP contribution >= 0.6 is 22.6 Å². The van der Waals surface area contributed by atoms with Crippen molar-refractivity contribution in [3.8, 4) is 0 Å². The predicted molar refractivity (Wildman–Crippen MR) is 61.6 cm³/mol. The van der Waals surface area contributed by atoms with Gasteiger partial charge < -0.3 is 10.1 Å². The van der Waals surface area contributed by atoms with Crippen LogP contribution in [-0.2, 0) is 11.3 Å². The second kappa shape index (κ2) is 4.69. The van der Waals surface area contributed by atoms with Gasteiger partial charge in [0.25, 0.3) is 0 Å². The van der Waals surface area contributed by atoms with Gasteiger partial charge in [-0.15, -0.1) is 0 Å². The number of Topliss-reactive ketones (excluding diaryl/α,β-unsaturated/α-hetero) is 1. The Morgan fingerprint density at radius 2 is 2.27 bits per heavy atom. The van der Waals surface area contributed by atoms with Gasteiger partial charge in [-0.1, -0.05) is 0 Å². The van der Waals surface area contributed by atoms with E-state index in [1.807, 2.05) is 22.6 Å². The molecule has 0 amide bonds. The van der Waals surface area contributed by atoms with Crippen LogP contribution in [0.25, 0.3) is 0 Å². The van der Waals surface area contributed by atoms with E-state index < -0.39 is 4.92 Å². The molecule has 82 valence electrons. The number of hydrogen-bond acceptors (Lipinski definition) is 4. The lowest BCUT2D eigenvalue weighted by atomic mass is 10.3. The number of halogens is 1. The zero-order valence-electron chi connectivity index (χ0n) is 8.36. The van der Waals surface area contributed by atoms with Crippen molar-refractivity contribution in [2.75, 3.05) is 0 Å². The van der Waals surface area contributed by atoms with Gasteiger partial charge >= 0.3 is 5.82 Å². The lowest BCUT2D eigenvalue weighted by Gasteiger charge is -2.01. The summed E-state index contributed by atoms with van der Waals surface area (Å²) >= 11 is 1.87. The summed E-state index contributed by atoms with van der Waals surface area (Å²) in [6.45, 7) is 3.63. The molecule has 0 fully saturated rings. The van der Waals surface area contributed by atoms with Crippen molar-refractivity contribution in [3.63, 3.8) is 0 Å². The van der Waals surface area contributed by atoms with Gasteiger partial charge in [0, 0.05) is 19.9 Å². The van der Waals surface area contributed by atoms with Gasteiger partial charge in [0.2, 0.25) is 5.82 Å². The highest BCUT2D eigenvalue weighted by atomic mass is 127. The third-order valence-electron chi connectivity index (χ3n) is 1.94. The molecule has 1 aromatic heterocycles. The van der Waals surface area contributed by atoms with Crippen LogP contribution < -0.4 is 0 Å². The first-order valence-electron chi connectivity index (χ1n) is 4.30. The van der Waals surface area contributed by atoms with Gasteiger partial charge in [-0.25, -0.2) is 0 Å². The highest BCUT2D eigenvalue weighted by molar-refractivity contribution is 14.1. The molecule has 0 saturated heterocycles. The number of ketones is 1. The Balaban J connectivity index is 2.97. The van der Waals surface area contributed by atoms with Crippen LogP contribution in [0.3, 0.4) is 0 Å². The average molecular weight is 323 g/mol. The van der Waals surface area contributed by atoms with Crippen molar-refractivity contribution in [2.45, 2.75) is 26.8 Å². The topological polar surface area (TPSA) is 78.0 Å². The number of carbonyl (C=O) groups is 1. The van der Waals surface area contributed by atoms with E-state index in [-0.39, 0.29) is 11.6 Å². The Morgan fingerprint density at radius 3 is 2.67 bits per heavy atom. The maximum absolute atomic E-state index is 10.8. The van der Waals surface area contributed by atoms with Gasteiger partial charge in [0.1, 0.15) is 5.78 Å². The molecule has 6 nitrogen and oxygen atoms in total. The average Bonchev–Trinajstić information content (AvgIpc) is 2.39. The summed E-state index contributed by atoms with van der Waals surface area (Å²) in [4.78, 5) is 24.7. The van der Waals surface area contributed by atoms with Crippen LogP contribution in [0.15, 0.2) is 0 Å². The SMILES string of the molecule is CC(=O)CCn1c(C)nc([N+](=O)[O-])c1I. The fourth-order valence-corrected chi connectivity index (χ4v) is 2.08. The van der Waals surface area contributed by atoms with Crippen LogP contribution in [0.2, 0.25) is 0 Å². The molecule has 0 atom stereocenters. The van der Waals surface area contributed by atoms with Gasteiger partial charge in [0.05, 0.1) is 0 Å². The summed E-state index contributed by atoms with van der Waals surface area (Å²) in [6.07, 6.45) is 0.365. The minimum Gasteiger partial charge on any atom is -0.358 e. The number of nitrogens with zero attached hydrogens (tertiary/aromatic N) is 3. The van der Waals surface area contributed by atoms with E-state index in [1.54, 1.807) is 11.5 Å². The predicted octanol–water partition coefficient (Wildman–Crippen LogP) is 1.68. The highest BCUT2D eigenvalue weighted by Crippen LogP contribution is 2.21. The number of carbonyl (C=O) groups excluding carboxylic acids is 1. The lowest BCUT2D eigenvalue weighted by molar-refractivity contribution is -0.390. The summed E-state index contributed by atoms with van der Waals surface area (Å²) in [7, 11) is 0. The fourth-order valence-electron chi connectivity index (χ4n) is 1.17. The van der Waals surface area contributed by atoms with E-state index in [2.05, 4.69) is 4.98 Å². The molecule has 0 aliphatic rings. The number of imidazole rings is 1. The molecule has 0 aliphatic carbocycles. The van der Waals surface area contributed by atoms with Crippen LogP contribution in [0, 0.1) is 20.7 Å². The number of rotatable bonds is 4. The van der Waals surface area contributed by atoms with Gasteiger partial charge in [-0.2, -0.15) is 0 Å². The first-order chi connectivity index (χ1) is 6.93. The fraction of sp³-hybridized carbons (Fsp3) is 0.500. The standard InChI is InChI=1S/C8H10IN3O3/c1-5(13)3-4-11-6(2)10-8(7(11)9)12(14)15/h3-4H2,1-2H3. The molecule has 7 heteroatoms. The van der Waals surface area contributed by atoms with E-state index in [9.17, 15) is 14.9 Å². The van der Waals surface area contributed by atoms with Crippen molar-refractivity contribution < 1.29 is 9.72 Å². The van der Waals surface area contributed by atoms with Crippen molar-refractivity contribution in [1.29, 1.82) is 0 Å². The molecule has 1 rings (SSSR count). The Labute approximate surface area is 100.0 Å². The first kappa shape index (κ1) is 12.1. The van der Waals surface area contributed by atoms with Crippen molar-refractivity contribution in [1.82, 2.24) is 9.55 Å². The molecule has 0 spiro atoms. The number of hydrogen-bond donors (Lipinski definition) is 0. The summed E-state index contributed by atoms with van der Waals surface area (Å²) < 4.78 is 2.15. The Hall–Kier alpha value is -0.990. The Morgan fingerprint density at radius 1 is 1.67 bits per heavy atom. The molecular formula is C8H10IN3O3. The molecular weight excluding hydrogens is 313 g/mol. The van der Waals surface area contributed by atoms with Crippen molar-refractivity contribution >= 4 is 34.2 Å². The second-order valence-electron chi connectivity index (χ2n) is 3.13. The van der Waals surface area contributed by atoms with Gasteiger partial charge in [0.15, 0.2) is 3.70 Å². The van der Waals surface area contributed by atoms with Gasteiger partial charge in [-0.05, 0) is 39.4 Å².